The van der Waals surface area contributed by atoms with Crippen molar-refractivity contribution < 1.29 is 14.2 Å². The van der Waals surface area contributed by atoms with Crippen LogP contribution in [0.5, 0.6) is 17.2 Å². The fraction of sp³-hybridized carbons (Fsp3) is 0.455. The Balaban J connectivity index is 1.59. The minimum absolute atomic E-state index is 0.0702. The van der Waals surface area contributed by atoms with Gasteiger partial charge in [-0.1, -0.05) is 18.2 Å². The number of ether oxygens (including phenoxy) is 3. The molecule has 138 valence electrons. The van der Waals surface area contributed by atoms with Crippen molar-refractivity contribution in [1.82, 2.24) is 4.90 Å². The zero-order valence-corrected chi connectivity index (χ0v) is 16.0. The van der Waals surface area contributed by atoms with Crippen LogP contribution in [-0.2, 0) is 13.0 Å². The first-order chi connectivity index (χ1) is 12.5. The molecule has 0 bridgehead atoms. The molecule has 1 unspecified atom stereocenters. The van der Waals surface area contributed by atoms with Gasteiger partial charge in [0.15, 0.2) is 0 Å². The summed E-state index contributed by atoms with van der Waals surface area (Å²) in [5, 5.41) is 0. The summed E-state index contributed by atoms with van der Waals surface area (Å²) < 4.78 is 17.5. The molecule has 4 heteroatoms. The van der Waals surface area contributed by atoms with Crippen molar-refractivity contribution >= 4 is 0 Å². The molecule has 0 aromatic heterocycles. The monoisotopic (exact) mass is 353 g/mol. The van der Waals surface area contributed by atoms with Crippen LogP contribution in [0.15, 0.2) is 36.4 Å². The second-order valence-electron chi connectivity index (χ2n) is 8.16. The Hall–Kier alpha value is -2.20. The van der Waals surface area contributed by atoms with Gasteiger partial charge < -0.3 is 14.2 Å². The zero-order valence-electron chi connectivity index (χ0n) is 16.0. The summed E-state index contributed by atoms with van der Waals surface area (Å²) in [6.07, 6.45) is 0.991. The van der Waals surface area contributed by atoms with E-state index >= 15 is 0 Å². The SMILES string of the molecule is COc1ccc(C2COc3c(ccc4c3CN(C(C)(C)C)CO4)C2)cc1. The first kappa shape index (κ1) is 17.2. The van der Waals surface area contributed by atoms with Gasteiger partial charge in [-0.15, -0.1) is 0 Å². The van der Waals surface area contributed by atoms with Gasteiger partial charge in [-0.3, -0.25) is 4.90 Å². The van der Waals surface area contributed by atoms with Crippen LogP contribution in [0, 0.1) is 0 Å². The maximum Gasteiger partial charge on any atom is 0.142 e. The second-order valence-corrected chi connectivity index (χ2v) is 8.16. The molecular formula is C22H27NO3. The molecule has 0 aliphatic carbocycles. The van der Waals surface area contributed by atoms with E-state index in [9.17, 15) is 0 Å². The van der Waals surface area contributed by atoms with Gasteiger partial charge in [-0.25, -0.2) is 0 Å². The largest absolute Gasteiger partial charge is 0.497 e. The number of rotatable bonds is 2. The number of fused-ring (bicyclic) bond motifs is 3. The van der Waals surface area contributed by atoms with E-state index in [1.807, 2.05) is 12.1 Å². The van der Waals surface area contributed by atoms with Gasteiger partial charge in [0.2, 0.25) is 0 Å². The molecule has 0 radical (unpaired) electrons. The third kappa shape index (κ3) is 3.14. The summed E-state index contributed by atoms with van der Waals surface area (Å²) in [7, 11) is 1.70. The van der Waals surface area contributed by atoms with E-state index in [0.717, 1.165) is 30.2 Å². The van der Waals surface area contributed by atoms with E-state index in [1.54, 1.807) is 7.11 Å². The van der Waals surface area contributed by atoms with E-state index in [-0.39, 0.29) is 5.54 Å². The normalized spacial score (nSPS) is 19.8. The molecule has 2 aliphatic rings. The number of hydrogen-bond acceptors (Lipinski definition) is 4. The molecule has 2 heterocycles. The van der Waals surface area contributed by atoms with Crippen LogP contribution in [0.25, 0.3) is 0 Å². The first-order valence-corrected chi connectivity index (χ1v) is 9.25. The highest BCUT2D eigenvalue weighted by Crippen LogP contribution is 2.42. The van der Waals surface area contributed by atoms with E-state index in [2.05, 4.69) is 49.9 Å². The average Bonchev–Trinajstić information content (AvgIpc) is 2.66. The number of benzene rings is 2. The maximum atomic E-state index is 6.27. The number of hydrogen-bond donors (Lipinski definition) is 0. The smallest absolute Gasteiger partial charge is 0.142 e. The zero-order chi connectivity index (χ0) is 18.3. The molecule has 1 atom stereocenters. The summed E-state index contributed by atoms with van der Waals surface area (Å²) in [5.74, 6) is 3.25. The predicted octanol–water partition coefficient (Wildman–Crippen LogP) is 4.36. The van der Waals surface area contributed by atoms with E-state index < -0.39 is 0 Å². The molecule has 4 rings (SSSR count). The van der Waals surface area contributed by atoms with Crippen molar-refractivity contribution in [2.75, 3.05) is 20.4 Å². The Bertz CT molecular complexity index is 792. The van der Waals surface area contributed by atoms with Crippen molar-refractivity contribution in [2.45, 2.75) is 45.2 Å². The van der Waals surface area contributed by atoms with E-state index in [0.29, 0.717) is 19.3 Å². The molecule has 0 N–H and O–H groups in total. The molecule has 0 spiro atoms. The van der Waals surface area contributed by atoms with Gasteiger partial charge in [-0.05, 0) is 56.5 Å². The van der Waals surface area contributed by atoms with E-state index in [1.165, 1.54) is 16.7 Å². The van der Waals surface area contributed by atoms with Crippen molar-refractivity contribution in [1.29, 1.82) is 0 Å². The van der Waals surface area contributed by atoms with Gasteiger partial charge in [0.25, 0.3) is 0 Å². The third-order valence-corrected chi connectivity index (χ3v) is 5.45. The van der Waals surface area contributed by atoms with Crippen LogP contribution in [-0.4, -0.2) is 30.9 Å². The Morgan fingerprint density at radius 3 is 2.50 bits per heavy atom. The van der Waals surface area contributed by atoms with Crippen molar-refractivity contribution in [3.05, 3.63) is 53.1 Å². The lowest BCUT2D eigenvalue weighted by Crippen LogP contribution is -2.45. The summed E-state index contributed by atoms with van der Waals surface area (Å²) in [6, 6.07) is 12.6. The Morgan fingerprint density at radius 2 is 1.81 bits per heavy atom. The quantitative estimate of drug-likeness (QED) is 0.802. The van der Waals surface area contributed by atoms with Gasteiger partial charge >= 0.3 is 0 Å². The van der Waals surface area contributed by atoms with Gasteiger partial charge in [0, 0.05) is 18.0 Å². The first-order valence-electron chi connectivity index (χ1n) is 9.25. The molecular weight excluding hydrogens is 326 g/mol. The highest BCUT2D eigenvalue weighted by molar-refractivity contribution is 5.52. The van der Waals surface area contributed by atoms with Crippen molar-refractivity contribution in [3.63, 3.8) is 0 Å². The van der Waals surface area contributed by atoms with Crippen LogP contribution in [0.2, 0.25) is 0 Å². The van der Waals surface area contributed by atoms with Gasteiger partial charge in [0.1, 0.15) is 24.0 Å². The molecule has 0 amide bonds. The second kappa shape index (κ2) is 6.51. The van der Waals surface area contributed by atoms with Crippen LogP contribution >= 0.6 is 0 Å². The topological polar surface area (TPSA) is 30.9 Å². The summed E-state index contributed by atoms with van der Waals surface area (Å²) in [6.45, 7) is 8.86. The van der Waals surface area contributed by atoms with Gasteiger partial charge in [-0.2, -0.15) is 0 Å². The minimum Gasteiger partial charge on any atom is -0.497 e. The minimum atomic E-state index is 0.0702. The molecule has 2 aromatic carbocycles. The Kier molecular flexibility index (Phi) is 4.31. The van der Waals surface area contributed by atoms with Crippen LogP contribution in [0.1, 0.15) is 43.4 Å². The standard InChI is InChI=1S/C22H27NO3/c1-22(2,3)23-12-19-20(26-14-23)10-7-16-11-17(13-25-21(16)19)15-5-8-18(24-4)9-6-15/h5-10,17H,11-14H2,1-4H3. The predicted molar refractivity (Wildman–Crippen MR) is 102 cm³/mol. The number of nitrogens with zero attached hydrogens (tertiary/aromatic N) is 1. The Labute approximate surface area is 155 Å². The fourth-order valence-electron chi connectivity index (χ4n) is 3.70. The lowest BCUT2D eigenvalue weighted by molar-refractivity contribution is 0.0200. The van der Waals surface area contributed by atoms with Crippen molar-refractivity contribution in [3.8, 4) is 17.2 Å². The highest BCUT2D eigenvalue weighted by Gasteiger charge is 2.32. The average molecular weight is 353 g/mol. The summed E-state index contributed by atoms with van der Waals surface area (Å²) in [4.78, 5) is 2.34. The molecule has 0 fully saturated rings. The lowest BCUT2D eigenvalue weighted by atomic mass is 9.88. The fourth-order valence-corrected chi connectivity index (χ4v) is 3.70. The molecule has 0 saturated heterocycles. The lowest BCUT2D eigenvalue weighted by Gasteiger charge is -2.40. The third-order valence-electron chi connectivity index (χ3n) is 5.45. The molecule has 2 aromatic rings. The molecule has 2 aliphatic heterocycles. The Morgan fingerprint density at radius 1 is 1.04 bits per heavy atom. The summed E-state index contributed by atoms with van der Waals surface area (Å²) in [5.41, 5.74) is 3.83. The highest BCUT2D eigenvalue weighted by atomic mass is 16.5. The summed E-state index contributed by atoms with van der Waals surface area (Å²) >= 11 is 0. The van der Waals surface area contributed by atoms with Crippen LogP contribution < -0.4 is 14.2 Å². The molecule has 4 nitrogen and oxygen atoms in total. The van der Waals surface area contributed by atoms with Crippen LogP contribution in [0.4, 0.5) is 0 Å². The molecule has 26 heavy (non-hydrogen) atoms. The van der Waals surface area contributed by atoms with Gasteiger partial charge in [0.05, 0.1) is 19.3 Å². The maximum absolute atomic E-state index is 6.27. The molecule has 0 saturated carbocycles. The van der Waals surface area contributed by atoms with Crippen LogP contribution in [0.3, 0.4) is 0 Å². The van der Waals surface area contributed by atoms with E-state index in [4.69, 9.17) is 14.2 Å². The van der Waals surface area contributed by atoms with Crippen molar-refractivity contribution in [2.24, 2.45) is 0 Å². The number of methoxy groups -OCH3 is 1.